The minimum Gasteiger partial charge on any atom is -0.349 e. The van der Waals surface area contributed by atoms with Gasteiger partial charge in [-0.3, -0.25) is 4.79 Å². The Morgan fingerprint density at radius 2 is 1.95 bits per heavy atom. The first-order valence-corrected chi connectivity index (χ1v) is 8.17. The van der Waals surface area contributed by atoms with Crippen LogP contribution in [-0.4, -0.2) is 18.5 Å². The van der Waals surface area contributed by atoms with Crippen molar-refractivity contribution in [2.24, 2.45) is 0 Å². The van der Waals surface area contributed by atoms with Crippen LogP contribution in [0.15, 0.2) is 24.3 Å². The van der Waals surface area contributed by atoms with Gasteiger partial charge in [-0.1, -0.05) is 49.1 Å². The number of carbonyl (C=O) groups is 1. The molecule has 3 nitrogen and oxygen atoms in total. The van der Waals surface area contributed by atoms with Crippen LogP contribution in [0.3, 0.4) is 0 Å². The molecule has 0 aromatic heterocycles. The van der Waals surface area contributed by atoms with Crippen LogP contribution in [0, 0.1) is 0 Å². The molecule has 4 heteroatoms. The number of rotatable bonds is 5. The molecule has 0 unspecified atom stereocenters. The van der Waals surface area contributed by atoms with Crippen LogP contribution in [0.4, 0.5) is 0 Å². The Hall–Kier alpha value is -1.06. The van der Waals surface area contributed by atoms with Gasteiger partial charge in [0.1, 0.15) is 0 Å². The maximum absolute atomic E-state index is 12.4. The minimum atomic E-state index is -0.0660. The molecule has 0 saturated heterocycles. The van der Waals surface area contributed by atoms with Crippen molar-refractivity contribution in [3.05, 3.63) is 34.9 Å². The number of hydrogen-bond donors (Lipinski definition) is 2. The highest BCUT2D eigenvalue weighted by Gasteiger charge is 2.32. The predicted molar refractivity (Wildman–Crippen MR) is 87.5 cm³/mol. The minimum absolute atomic E-state index is 0.0253. The molecule has 1 aromatic carbocycles. The van der Waals surface area contributed by atoms with Crippen LogP contribution in [0.1, 0.15) is 57.1 Å². The molecule has 0 heterocycles. The van der Waals surface area contributed by atoms with E-state index < -0.39 is 0 Å². The predicted octanol–water partition coefficient (Wildman–Crippen LogP) is 3.83. The monoisotopic (exact) mass is 308 g/mol. The average molecular weight is 309 g/mol. The first-order valence-electron chi connectivity index (χ1n) is 7.79. The number of halogens is 1. The normalized spacial score (nSPS) is 19.0. The van der Waals surface area contributed by atoms with Crippen molar-refractivity contribution in [2.75, 3.05) is 7.05 Å². The summed E-state index contributed by atoms with van der Waals surface area (Å²) in [5.74, 6) is 0.0960. The van der Waals surface area contributed by atoms with Crippen molar-refractivity contribution < 1.29 is 4.79 Å². The Balaban J connectivity index is 1.96. The standard InChI is InChI=1S/C17H25ClN2O/c1-13(14-8-4-5-9-15(14)18)20-16(21)12-17(19-2)10-6-3-7-11-17/h4-5,8-9,13,19H,3,6-7,10-12H2,1-2H3,(H,20,21)/t13-/m0/s1. The van der Waals surface area contributed by atoms with Gasteiger partial charge in [-0.25, -0.2) is 0 Å². The molecule has 2 N–H and O–H groups in total. The summed E-state index contributed by atoms with van der Waals surface area (Å²) < 4.78 is 0. The van der Waals surface area contributed by atoms with E-state index in [0.717, 1.165) is 18.4 Å². The van der Waals surface area contributed by atoms with E-state index >= 15 is 0 Å². The summed E-state index contributed by atoms with van der Waals surface area (Å²) in [6.45, 7) is 1.98. The van der Waals surface area contributed by atoms with Gasteiger partial charge in [0.2, 0.25) is 5.91 Å². The van der Waals surface area contributed by atoms with Crippen molar-refractivity contribution in [3.8, 4) is 0 Å². The highest BCUT2D eigenvalue weighted by Crippen LogP contribution is 2.31. The number of nitrogens with one attached hydrogen (secondary N) is 2. The van der Waals surface area contributed by atoms with Crippen molar-refractivity contribution in [1.82, 2.24) is 10.6 Å². The summed E-state index contributed by atoms with van der Waals surface area (Å²) in [6.07, 6.45) is 6.39. The molecule has 1 aromatic rings. The van der Waals surface area contributed by atoms with E-state index in [9.17, 15) is 4.79 Å². The van der Waals surface area contributed by atoms with Crippen molar-refractivity contribution >= 4 is 17.5 Å². The molecule has 21 heavy (non-hydrogen) atoms. The molecule has 1 aliphatic carbocycles. The van der Waals surface area contributed by atoms with E-state index in [-0.39, 0.29) is 17.5 Å². The molecule has 1 fully saturated rings. The second-order valence-electron chi connectivity index (χ2n) is 6.08. The topological polar surface area (TPSA) is 41.1 Å². The third-order valence-electron chi connectivity index (χ3n) is 4.59. The first kappa shape index (κ1) is 16.3. The highest BCUT2D eigenvalue weighted by molar-refractivity contribution is 6.31. The second kappa shape index (κ2) is 7.28. The van der Waals surface area contributed by atoms with E-state index in [1.807, 2.05) is 38.2 Å². The molecule has 1 aliphatic rings. The van der Waals surface area contributed by atoms with Crippen LogP contribution in [0.2, 0.25) is 5.02 Å². The Labute approximate surface area is 132 Å². The molecule has 1 amide bonds. The molecule has 116 valence electrons. The maximum Gasteiger partial charge on any atom is 0.222 e. The van der Waals surface area contributed by atoms with Gasteiger partial charge in [0.25, 0.3) is 0 Å². The van der Waals surface area contributed by atoms with E-state index in [1.54, 1.807) is 0 Å². The summed E-state index contributed by atoms with van der Waals surface area (Å²) in [5, 5.41) is 7.17. The number of hydrogen-bond acceptors (Lipinski definition) is 2. The molecule has 1 saturated carbocycles. The van der Waals surface area contributed by atoms with Crippen molar-refractivity contribution in [3.63, 3.8) is 0 Å². The lowest BCUT2D eigenvalue weighted by atomic mass is 9.79. The molecule has 0 aliphatic heterocycles. The number of carbonyl (C=O) groups excluding carboxylic acids is 1. The van der Waals surface area contributed by atoms with E-state index in [0.29, 0.717) is 11.4 Å². The van der Waals surface area contributed by atoms with Crippen LogP contribution in [0.25, 0.3) is 0 Å². The third kappa shape index (κ3) is 4.21. The summed E-state index contributed by atoms with van der Waals surface area (Å²) in [6, 6.07) is 7.60. The fourth-order valence-corrected chi connectivity index (χ4v) is 3.55. The van der Waals surface area contributed by atoms with Crippen molar-refractivity contribution in [1.29, 1.82) is 0 Å². The first-order chi connectivity index (χ1) is 10.1. The zero-order valence-electron chi connectivity index (χ0n) is 12.9. The summed E-state index contributed by atoms with van der Waals surface area (Å²) in [4.78, 5) is 12.4. The van der Waals surface area contributed by atoms with Gasteiger partial charge in [-0.05, 0) is 38.4 Å². The fourth-order valence-electron chi connectivity index (χ4n) is 3.25. The lowest BCUT2D eigenvalue weighted by Gasteiger charge is -2.37. The van der Waals surface area contributed by atoms with Gasteiger partial charge < -0.3 is 10.6 Å². The summed E-state index contributed by atoms with van der Waals surface area (Å²) in [7, 11) is 1.97. The molecule has 0 spiro atoms. The van der Waals surface area contributed by atoms with Crippen molar-refractivity contribution in [2.45, 2.75) is 57.0 Å². The Kier molecular flexibility index (Phi) is 5.65. The average Bonchev–Trinajstić information content (AvgIpc) is 2.48. The third-order valence-corrected chi connectivity index (χ3v) is 4.93. The van der Waals surface area contributed by atoms with E-state index in [1.165, 1.54) is 19.3 Å². The van der Waals surface area contributed by atoms with Gasteiger partial charge in [-0.2, -0.15) is 0 Å². The SMILES string of the molecule is CNC1(CC(=O)N[C@@H](C)c2ccccc2Cl)CCCCC1. The molecule has 2 rings (SSSR count). The van der Waals surface area contributed by atoms with E-state index in [2.05, 4.69) is 10.6 Å². The van der Waals surface area contributed by atoms with E-state index in [4.69, 9.17) is 11.6 Å². The largest absolute Gasteiger partial charge is 0.349 e. The van der Waals surface area contributed by atoms with Crippen LogP contribution in [-0.2, 0) is 4.79 Å². The van der Waals surface area contributed by atoms with Gasteiger partial charge in [0.15, 0.2) is 0 Å². The highest BCUT2D eigenvalue weighted by atomic mass is 35.5. The van der Waals surface area contributed by atoms with Crippen LogP contribution < -0.4 is 10.6 Å². The number of amides is 1. The summed E-state index contributed by atoms with van der Waals surface area (Å²) in [5.41, 5.74) is 0.942. The van der Waals surface area contributed by atoms with Crippen LogP contribution in [0.5, 0.6) is 0 Å². The molecule has 0 bridgehead atoms. The second-order valence-corrected chi connectivity index (χ2v) is 6.49. The van der Waals surface area contributed by atoms with Gasteiger partial charge >= 0.3 is 0 Å². The zero-order chi connectivity index (χ0) is 15.3. The summed E-state index contributed by atoms with van der Waals surface area (Å²) >= 11 is 6.19. The Morgan fingerprint density at radius 1 is 1.29 bits per heavy atom. The lowest BCUT2D eigenvalue weighted by molar-refractivity contribution is -0.123. The quantitative estimate of drug-likeness (QED) is 0.868. The van der Waals surface area contributed by atoms with Gasteiger partial charge in [-0.15, -0.1) is 0 Å². The molecule has 1 atom stereocenters. The van der Waals surface area contributed by atoms with Crippen LogP contribution >= 0.6 is 11.6 Å². The molecular weight excluding hydrogens is 284 g/mol. The lowest BCUT2D eigenvalue weighted by Crippen LogP contribution is -2.48. The smallest absolute Gasteiger partial charge is 0.222 e. The molecular formula is C17H25ClN2O. The Morgan fingerprint density at radius 3 is 2.57 bits per heavy atom. The maximum atomic E-state index is 12.4. The zero-order valence-corrected chi connectivity index (χ0v) is 13.7. The fraction of sp³-hybridized carbons (Fsp3) is 0.588. The van der Waals surface area contributed by atoms with Gasteiger partial charge in [0, 0.05) is 17.0 Å². The Bertz CT molecular complexity index is 483. The molecule has 0 radical (unpaired) electrons. The number of benzene rings is 1. The van der Waals surface area contributed by atoms with Gasteiger partial charge in [0.05, 0.1) is 6.04 Å².